The van der Waals surface area contributed by atoms with Crippen molar-refractivity contribution in [2.24, 2.45) is 12.0 Å². The number of rotatable bonds is 7. The standard InChI is InChI=1S/C27H30FN9O/c1-27(17-38,21-3-5-23(28)6-4-21)22-14-31-26(32-15-22)37-9-7-36(8-10-37)25(33-18-29)24-11-19(12-30-24)20-13-34-35(2)16-20/h3-6,11-16,18,29-30,38H,7-10,17H2,1-2H3/t27-/m1/s1. The molecule has 0 aliphatic carbocycles. The topological polar surface area (TPSA) is 122 Å². The number of aliphatic hydroxyl groups excluding tert-OH is 1. The number of H-pyrrole nitrogens is 1. The number of aliphatic hydroxyl groups is 1. The van der Waals surface area contributed by atoms with Crippen molar-refractivity contribution in [3.05, 3.63) is 84.0 Å². The van der Waals surface area contributed by atoms with Gasteiger partial charge in [0.2, 0.25) is 5.95 Å². The van der Waals surface area contributed by atoms with Crippen LogP contribution in [0.1, 0.15) is 23.7 Å². The van der Waals surface area contributed by atoms with Crippen molar-refractivity contribution in [3.8, 4) is 11.1 Å². The number of halogens is 1. The fourth-order valence-electron chi connectivity index (χ4n) is 4.70. The van der Waals surface area contributed by atoms with Crippen molar-refractivity contribution >= 4 is 18.1 Å². The smallest absolute Gasteiger partial charge is 0.225 e. The number of amidine groups is 1. The molecule has 10 nitrogen and oxygen atoms in total. The van der Waals surface area contributed by atoms with Gasteiger partial charge >= 0.3 is 0 Å². The first-order valence-electron chi connectivity index (χ1n) is 12.3. The number of aliphatic imine (C=N–C) groups is 1. The number of piperazine rings is 1. The van der Waals surface area contributed by atoms with E-state index in [2.05, 4.69) is 34.8 Å². The Labute approximate surface area is 220 Å². The molecule has 0 unspecified atom stereocenters. The molecule has 0 amide bonds. The maximum atomic E-state index is 13.4. The van der Waals surface area contributed by atoms with Crippen LogP contribution in [0.15, 0.2) is 66.3 Å². The zero-order valence-corrected chi connectivity index (χ0v) is 21.3. The first kappa shape index (κ1) is 25.3. The lowest BCUT2D eigenvalue weighted by Crippen LogP contribution is -2.49. The third kappa shape index (κ3) is 4.92. The highest BCUT2D eigenvalue weighted by Gasteiger charge is 2.30. The molecule has 0 spiro atoms. The van der Waals surface area contributed by atoms with Gasteiger partial charge in [-0.05, 0) is 30.7 Å². The van der Waals surface area contributed by atoms with Gasteiger partial charge in [-0.1, -0.05) is 12.1 Å². The third-order valence-corrected chi connectivity index (χ3v) is 7.08. The summed E-state index contributed by atoms with van der Waals surface area (Å²) in [6.07, 6.45) is 10.2. The van der Waals surface area contributed by atoms with Gasteiger partial charge in [0.1, 0.15) is 12.2 Å². The van der Waals surface area contributed by atoms with Crippen molar-refractivity contribution in [2.45, 2.75) is 12.3 Å². The molecule has 3 N–H and O–H groups in total. The summed E-state index contributed by atoms with van der Waals surface area (Å²) >= 11 is 0. The van der Waals surface area contributed by atoms with Gasteiger partial charge in [0.05, 0.1) is 18.5 Å². The van der Waals surface area contributed by atoms with E-state index >= 15 is 0 Å². The van der Waals surface area contributed by atoms with Crippen LogP contribution >= 0.6 is 0 Å². The van der Waals surface area contributed by atoms with Crippen molar-refractivity contribution < 1.29 is 9.50 Å². The minimum Gasteiger partial charge on any atom is -0.395 e. The molecule has 38 heavy (non-hydrogen) atoms. The Hall–Kier alpha value is -4.38. The van der Waals surface area contributed by atoms with Crippen LogP contribution in [-0.4, -0.2) is 79.7 Å². The van der Waals surface area contributed by atoms with Crippen LogP contribution in [0.2, 0.25) is 0 Å². The second-order valence-electron chi connectivity index (χ2n) is 9.53. The highest BCUT2D eigenvalue weighted by atomic mass is 19.1. The summed E-state index contributed by atoms with van der Waals surface area (Å²) in [5, 5.41) is 22.0. The number of nitrogens with one attached hydrogen (secondary N) is 2. The number of aromatic amines is 1. The average Bonchev–Trinajstić information content (AvgIpc) is 3.61. The lowest BCUT2D eigenvalue weighted by Gasteiger charge is -2.36. The molecular formula is C27H30FN9O. The molecule has 1 aliphatic heterocycles. The van der Waals surface area contributed by atoms with E-state index in [4.69, 9.17) is 5.41 Å². The quantitative estimate of drug-likeness (QED) is 0.257. The minimum absolute atomic E-state index is 0.156. The van der Waals surface area contributed by atoms with Crippen molar-refractivity contribution in [2.75, 3.05) is 37.7 Å². The SMILES string of the molecule is Cn1cc(-c2c[nH]c(C(=NC=N)N3CCN(c4ncc([C@](C)(CO)c5ccc(F)cc5)cn4)CC3)c2)cn1. The fraction of sp³-hybridized carbons (Fsp3) is 0.296. The molecular weight excluding hydrogens is 485 g/mol. The van der Waals surface area contributed by atoms with E-state index in [9.17, 15) is 9.50 Å². The Bertz CT molecular complexity index is 1420. The molecule has 0 saturated carbocycles. The van der Waals surface area contributed by atoms with E-state index in [1.807, 2.05) is 38.6 Å². The van der Waals surface area contributed by atoms with Crippen LogP contribution in [0.5, 0.6) is 0 Å². The summed E-state index contributed by atoms with van der Waals surface area (Å²) in [6, 6.07) is 8.15. The Morgan fingerprint density at radius 3 is 2.42 bits per heavy atom. The van der Waals surface area contributed by atoms with Gasteiger partial charge in [0, 0.05) is 80.1 Å². The van der Waals surface area contributed by atoms with Gasteiger partial charge in [0.15, 0.2) is 5.84 Å². The summed E-state index contributed by atoms with van der Waals surface area (Å²) in [5.74, 6) is 1.000. The first-order chi connectivity index (χ1) is 18.4. The molecule has 196 valence electrons. The van der Waals surface area contributed by atoms with Gasteiger partial charge in [0.25, 0.3) is 0 Å². The maximum absolute atomic E-state index is 13.4. The van der Waals surface area contributed by atoms with E-state index in [0.29, 0.717) is 38.0 Å². The van der Waals surface area contributed by atoms with Gasteiger partial charge in [-0.2, -0.15) is 5.10 Å². The van der Waals surface area contributed by atoms with Crippen molar-refractivity contribution in [3.63, 3.8) is 0 Å². The lowest BCUT2D eigenvalue weighted by molar-refractivity contribution is 0.230. The predicted molar refractivity (Wildman–Crippen MR) is 144 cm³/mol. The lowest BCUT2D eigenvalue weighted by atomic mass is 9.78. The molecule has 5 rings (SSSR count). The molecule has 0 radical (unpaired) electrons. The normalized spacial score (nSPS) is 15.9. The number of hydrogen-bond donors (Lipinski definition) is 3. The molecule has 3 aromatic heterocycles. The molecule has 1 aliphatic rings. The summed E-state index contributed by atoms with van der Waals surface area (Å²) in [5.41, 5.74) is 3.66. The van der Waals surface area contributed by atoms with E-state index in [0.717, 1.165) is 34.3 Å². The highest BCUT2D eigenvalue weighted by molar-refractivity contribution is 6.01. The highest BCUT2D eigenvalue weighted by Crippen LogP contribution is 2.31. The number of hydrogen-bond acceptors (Lipinski definition) is 6. The van der Waals surface area contributed by atoms with Crippen LogP contribution in [0.4, 0.5) is 10.3 Å². The summed E-state index contributed by atoms with van der Waals surface area (Å²) in [7, 11) is 1.88. The van der Waals surface area contributed by atoms with Crippen LogP contribution in [-0.2, 0) is 12.5 Å². The number of aryl methyl sites for hydroxylation is 1. The van der Waals surface area contributed by atoms with Crippen LogP contribution < -0.4 is 4.90 Å². The number of aromatic nitrogens is 5. The second-order valence-corrected chi connectivity index (χ2v) is 9.53. The Morgan fingerprint density at radius 1 is 1.11 bits per heavy atom. The Kier molecular flexibility index (Phi) is 7.01. The van der Waals surface area contributed by atoms with Gasteiger partial charge in [-0.15, -0.1) is 0 Å². The molecule has 4 aromatic rings. The molecule has 0 bridgehead atoms. The summed E-state index contributed by atoms with van der Waals surface area (Å²) in [6.45, 7) is 4.47. The summed E-state index contributed by atoms with van der Waals surface area (Å²) in [4.78, 5) is 21.1. The van der Waals surface area contributed by atoms with Crippen LogP contribution in [0.3, 0.4) is 0 Å². The zero-order chi connectivity index (χ0) is 26.7. The van der Waals surface area contributed by atoms with E-state index in [-0.39, 0.29) is 12.4 Å². The van der Waals surface area contributed by atoms with E-state index < -0.39 is 5.41 Å². The largest absolute Gasteiger partial charge is 0.395 e. The summed E-state index contributed by atoms with van der Waals surface area (Å²) < 4.78 is 15.2. The van der Waals surface area contributed by atoms with E-state index in [1.165, 1.54) is 12.1 Å². The number of anilines is 1. The molecule has 1 atom stereocenters. The average molecular weight is 516 g/mol. The molecule has 1 fully saturated rings. The third-order valence-electron chi connectivity index (χ3n) is 7.08. The Balaban J connectivity index is 1.27. The van der Waals surface area contributed by atoms with Crippen molar-refractivity contribution in [1.82, 2.24) is 29.6 Å². The second kappa shape index (κ2) is 10.5. The van der Waals surface area contributed by atoms with Crippen LogP contribution in [0, 0.1) is 11.2 Å². The molecule has 1 aromatic carbocycles. The van der Waals surface area contributed by atoms with Gasteiger partial charge < -0.3 is 19.9 Å². The molecule has 4 heterocycles. The maximum Gasteiger partial charge on any atom is 0.225 e. The van der Waals surface area contributed by atoms with Crippen LogP contribution in [0.25, 0.3) is 11.1 Å². The van der Waals surface area contributed by atoms with Gasteiger partial charge in [-0.25, -0.2) is 19.4 Å². The fourth-order valence-corrected chi connectivity index (χ4v) is 4.70. The van der Waals surface area contributed by atoms with E-state index in [1.54, 1.807) is 29.2 Å². The number of nitrogens with zero attached hydrogens (tertiary/aromatic N) is 7. The molecule has 11 heteroatoms. The first-order valence-corrected chi connectivity index (χ1v) is 12.3. The molecule has 1 saturated heterocycles. The Morgan fingerprint density at radius 2 is 1.82 bits per heavy atom. The minimum atomic E-state index is -0.742. The van der Waals surface area contributed by atoms with Gasteiger partial charge in [-0.3, -0.25) is 10.1 Å². The monoisotopic (exact) mass is 515 g/mol. The van der Waals surface area contributed by atoms with Crippen molar-refractivity contribution in [1.29, 1.82) is 5.41 Å². The zero-order valence-electron chi connectivity index (χ0n) is 21.3. The number of benzene rings is 1. The predicted octanol–water partition coefficient (Wildman–Crippen LogP) is 2.82.